The molecule has 0 unspecified atom stereocenters. The van der Waals surface area contributed by atoms with E-state index in [2.05, 4.69) is 10.5 Å². The van der Waals surface area contributed by atoms with Crippen LogP contribution in [-0.2, 0) is 4.79 Å². The highest BCUT2D eigenvalue weighted by Gasteiger charge is 2.01. The second kappa shape index (κ2) is 6.86. The van der Waals surface area contributed by atoms with E-state index in [1.807, 2.05) is 50.2 Å². The first kappa shape index (κ1) is 14.3. The zero-order valence-electron chi connectivity index (χ0n) is 11.4. The molecular weight excluding hydrogens is 272 g/mol. The van der Waals surface area contributed by atoms with Crippen molar-refractivity contribution in [3.63, 3.8) is 0 Å². The van der Waals surface area contributed by atoms with E-state index in [1.165, 1.54) is 4.88 Å². The SMILES string of the molecule is Cc1ccc(OCC(=O)N/N=C/c2ccc(C)s2)cc1. The van der Waals surface area contributed by atoms with Gasteiger partial charge in [0.1, 0.15) is 5.75 Å². The molecule has 0 radical (unpaired) electrons. The van der Waals surface area contributed by atoms with Gasteiger partial charge in [0, 0.05) is 9.75 Å². The fourth-order valence-corrected chi connectivity index (χ4v) is 2.26. The van der Waals surface area contributed by atoms with Crippen LogP contribution in [0.5, 0.6) is 5.75 Å². The van der Waals surface area contributed by atoms with E-state index in [1.54, 1.807) is 17.6 Å². The van der Waals surface area contributed by atoms with Crippen molar-refractivity contribution in [1.29, 1.82) is 0 Å². The zero-order valence-corrected chi connectivity index (χ0v) is 12.2. The van der Waals surface area contributed by atoms with Crippen LogP contribution >= 0.6 is 11.3 Å². The van der Waals surface area contributed by atoms with E-state index >= 15 is 0 Å². The van der Waals surface area contributed by atoms with Gasteiger partial charge >= 0.3 is 0 Å². The minimum Gasteiger partial charge on any atom is -0.484 e. The Labute approximate surface area is 122 Å². The average Bonchev–Trinajstić information content (AvgIpc) is 2.84. The van der Waals surface area contributed by atoms with Crippen LogP contribution in [0.25, 0.3) is 0 Å². The van der Waals surface area contributed by atoms with E-state index in [0.717, 1.165) is 10.4 Å². The van der Waals surface area contributed by atoms with Crippen LogP contribution < -0.4 is 10.2 Å². The van der Waals surface area contributed by atoms with Gasteiger partial charge in [-0.3, -0.25) is 4.79 Å². The molecule has 5 heteroatoms. The van der Waals surface area contributed by atoms with Crippen LogP contribution in [-0.4, -0.2) is 18.7 Å². The van der Waals surface area contributed by atoms with E-state index in [9.17, 15) is 4.79 Å². The smallest absolute Gasteiger partial charge is 0.277 e. The Kier molecular flexibility index (Phi) is 4.90. The van der Waals surface area contributed by atoms with Crippen LogP contribution in [0.4, 0.5) is 0 Å². The predicted molar refractivity (Wildman–Crippen MR) is 81.5 cm³/mol. The number of ether oxygens (including phenoxy) is 1. The number of carbonyl (C=O) groups is 1. The molecule has 1 aromatic heterocycles. The van der Waals surface area contributed by atoms with E-state index in [-0.39, 0.29) is 12.5 Å². The number of thiophene rings is 1. The number of carbonyl (C=O) groups excluding carboxylic acids is 1. The molecule has 20 heavy (non-hydrogen) atoms. The Bertz CT molecular complexity index is 603. The number of hydrazone groups is 1. The lowest BCUT2D eigenvalue weighted by molar-refractivity contribution is -0.123. The summed E-state index contributed by atoms with van der Waals surface area (Å²) in [7, 11) is 0. The molecule has 2 rings (SSSR count). The third kappa shape index (κ3) is 4.51. The van der Waals surface area contributed by atoms with Gasteiger partial charge in [-0.05, 0) is 38.1 Å². The van der Waals surface area contributed by atoms with Gasteiger partial charge in [0.15, 0.2) is 6.61 Å². The molecule has 0 aliphatic heterocycles. The minimum absolute atomic E-state index is 0.0517. The Morgan fingerprint density at radius 1 is 1.25 bits per heavy atom. The van der Waals surface area contributed by atoms with Gasteiger partial charge in [-0.1, -0.05) is 17.7 Å². The van der Waals surface area contributed by atoms with Gasteiger partial charge in [0.25, 0.3) is 5.91 Å². The van der Waals surface area contributed by atoms with Crippen molar-refractivity contribution in [2.24, 2.45) is 5.10 Å². The molecule has 2 aromatic rings. The first-order valence-electron chi connectivity index (χ1n) is 6.21. The molecule has 0 aliphatic rings. The molecule has 0 saturated carbocycles. The normalized spacial score (nSPS) is 10.7. The summed E-state index contributed by atoms with van der Waals surface area (Å²) < 4.78 is 5.35. The molecule has 0 fully saturated rings. The Hall–Kier alpha value is -2.14. The van der Waals surface area contributed by atoms with Crippen molar-refractivity contribution in [2.45, 2.75) is 13.8 Å². The Morgan fingerprint density at radius 2 is 2.00 bits per heavy atom. The molecule has 1 amide bonds. The summed E-state index contributed by atoms with van der Waals surface area (Å²) >= 11 is 1.62. The third-order valence-corrected chi connectivity index (χ3v) is 3.47. The summed E-state index contributed by atoms with van der Waals surface area (Å²) in [6, 6.07) is 11.5. The number of hydrogen-bond donors (Lipinski definition) is 1. The number of hydrogen-bond acceptors (Lipinski definition) is 4. The van der Waals surface area contributed by atoms with Crippen molar-refractivity contribution in [3.8, 4) is 5.75 Å². The molecule has 0 aliphatic carbocycles. The molecule has 0 spiro atoms. The number of rotatable bonds is 5. The predicted octanol–water partition coefficient (Wildman–Crippen LogP) is 2.89. The van der Waals surface area contributed by atoms with Gasteiger partial charge in [0.2, 0.25) is 0 Å². The van der Waals surface area contributed by atoms with E-state index < -0.39 is 0 Å². The lowest BCUT2D eigenvalue weighted by atomic mass is 10.2. The highest BCUT2D eigenvalue weighted by Crippen LogP contribution is 2.12. The third-order valence-electron chi connectivity index (χ3n) is 2.53. The first-order chi connectivity index (χ1) is 9.63. The van der Waals surface area contributed by atoms with Crippen LogP contribution in [0.2, 0.25) is 0 Å². The molecule has 1 aromatic carbocycles. The number of nitrogens with zero attached hydrogens (tertiary/aromatic N) is 1. The summed E-state index contributed by atoms with van der Waals surface area (Å²) in [4.78, 5) is 13.7. The molecule has 0 saturated heterocycles. The maximum Gasteiger partial charge on any atom is 0.277 e. The van der Waals surface area contributed by atoms with Crippen molar-refractivity contribution in [2.75, 3.05) is 6.61 Å². The fourth-order valence-electron chi connectivity index (χ4n) is 1.51. The lowest BCUT2D eigenvalue weighted by Crippen LogP contribution is -2.24. The maximum absolute atomic E-state index is 11.5. The first-order valence-corrected chi connectivity index (χ1v) is 7.03. The summed E-state index contributed by atoms with van der Waals surface area (Å²) in [6.45, 7) is 3.97. The van der Waals surface area contributed by atoms with Crippen molar-refractivity contribution in [3.05, 3.63) is 51.7 Å². The zero-order chi connectivity index (χ0) is 14.4. The quantitative estimate of drug-likeness (QED) is 0.679. The van der Waals surface area contributed by atoms with Crippen LogP contribution in [0.3, 0.4) is 0 Å². The van der Waals surface area contributed by atoms with Gasteiger partial charge in [-0.2, -0.15) is 5.10 Å². The van der Waals surface area contributed by atoms with Crippen LogP contribution in [0, 0.1) is 13.8 Å². The topological polar surface area (TPSA) is 50.7 Å². The van der Waals surface area contributed by atoms with E-state index in [0.29, 0.717) is 5.75 Å². The second-order valence-electron chi connectivity index (χ2n) is 4.34. The summed E-state index contributed by atoms with van der Waals surface area (Å²) in [5.41, 5.74) is 3.58. The largest absolute Gasteiger partial charge is 0.484 e. The summed E-state index contributed by atoms with van der Waals surface area (Å²) in [6.07, 6.45) is 1.63. The summed E-state index contributed by atoms with van der Waals surface area (Å²) in [5.74, 6) is 0.388. The van der Waals surface area contributed by atoms with Crippen molar-refractivity contribution in [1.82, 2.24) is 5.43 Å². The van der Waals surface area contributed by atoms with Crippen molar-refractivity contribution >= 4 is 23.5 Å². The lowest BCUT2D eigenvalue weighted by Gasteiger charge is -2.04. The minimum atomic E-state index is -0.282. The Morgan fingerprint density at radius 3 is 2.65 bits per heavy atom. The molecule has 0 bridgehead atoms. The molecular formula is C15H16N2O2S. The number of nitrogens with one attached hydrogen (secondary N) is 1. The molecule has 1 heterocycles. The molecule has 1 N–H and O–H groups in total. The van der Waals surface area contributed by atoms with Gasteiger partial charge < -0.3 is 4.74 Å². The van der Waals surface area contributed by atoms with Crippen LogP contribution in [0.15, 0.2) is 41.5 Å². The van der Waals surface area contributed by atoms with Gasteiger partial charge in [0.05, 0.1) is 6.21 Å². The molecule has 104 valence electrons. The average molecular weight is 288 g/mol. The van der Waals surface area contributed by atoms with Crippen molar-refractivity contribution < 1.29 is 9.53 Å². The molecule has 4 nitrogen and oxygen atoms in total. The Balaban J connectivity index is 1.75. The number of aryl methyl sites for hydroxylation is 2. The monoisotopic (exact) mass is 288 g/mol. The van der Waals surface area contributed by atoms with Gasteiger partial charge in [-0.25, -0.2) is 5.43 Å². The van der Waals surface area contributed by atoms with Crippen LogP contribution in [0.1, 0.15) is 15.3 Å². The second-order valence-corrected chi connectivity index (χ2v) is 5.66. The van der Waals surface area contributed by atoms with Gasteiger partial charge in [-0.15, -0.1) is 11.3 Å². The fraction of sp³-hybridized carbons (Fsp3) is 0.200. The highest BCUT2D eigenvalue weighted by molar-refractivity contribution is 7.13. The highest BCUT2D eigenvalue weighted by atomic mass is 32.1. The number of benzene rings is 1. The molecule has 0 atom stereocenters. The van der Waals surface area contributed by atoms with E-state index in [4.69, 9.17) is 4.74 Å². The summed E-state index contributed by atoms with van der Waals surface area (Å²) in [5, 5.41) is 3.89. The standard InChI is InChI=1S/C15H16N2O2S/c1-11-3-6-13(7-4-11)19-10-15(18)17-16-9-14-8-5-12(2)20-14/h3-9H,10H2,1-2H3,(H,17,18)/b16-9+. The number of amides is 1. The maximum atomic E-state index is 11.5.